The standard InChI is InChI=1S/C36H55NO2/c1-23(2)25-12-19-36(37)21-20-33(6)27(30(25)36)8-9-29-32(5)15-13-26(24-10-17-35(39,22-38)18-11-24)31(3,4)28(32)14-16-34(29,33)7/h10,13,22,25,27-30,39H,1,8-9,11-12,14-21,37H2,2-7H3/t25?,27?,28?,29?,30?,32?,33-,34?,35?,36?/m1/s1. The van der Waals surface area contributed by atoms with Gasteiger partial charge in [-0.2, -0.15) is 0 Å². The predicted molar refractivity (Wildman–Crippen MR) is 160 cm³/mol. The SMILES string of the molecule is C=C(C)C1CCC2(N)CC[C@]3(C)C(CCC4C5(C)CC=C(C6=CCC(O)(C=O)CC6)C(C)(C)C5CCC43C)C12. The van der Waals surface area contributed by atoms with E-state index in [9.17, 15) is 9.90 Å². The zero-order chi connectivity index (χ0) is 28.2. The molecule has 0 radical (unpaired) electrons. The Morgan fingerprint density at radius 2 is 1.67 bits per heavy atom. The average Bonchev–Trinajstić information content (AvgIpc) is 3.23. The Bertz CT molecular complexity index is 1130. The fourth-order valence-electron chi connectivity index (χ4n) is 12.6. The second-order valence-electron chi connectivity index (χ2n) is 16.6. The molecule has 6 rings (SSSR count). The molecule has 0 heterocycles. The van der Waals surface area contributed by atoms with Gasteiger partial charge in [-0.1, -0.05) is 58.9 Å². The van der Waals surface area contributed by atoms with Crippen molar-refractivity contribution in [3.8, 4) is 0 Å². The van der Waals surface area contributed by atoms with Crippen molar-refractivity contribution in [1.82, 2.24) is 0 Å². The number of fused-ring (bicyclic) bond motifs is 7. The Hall–Kier alpha value is -1.19. The summed E-state index contributed by atoms with van der Waals surface area (Å²) in [6, 6.07) is 0. The van der Waals surface area contributed by atoms with Crippen LogP contribution < -0.4 is 5.73 Å². The van der Waals surface area contributed by atoms with Crippen LogP contribution in [-0.4, -0.2) is 22.5 Å². The first-order chi connectivity index (χ1) is 18.2. The van der Waals surface area contributed by atoms with Crippen LogP contribution in [0.5, 0.6) is 0 Å². The number of allylic oxidation sites excluding steroid dienone is 4. The van der Waals surface area contributed by atoms with Gasteiger partial charge in [0.05, 0.1) is 0 Å². The molecule has 0 spiro atoms. The van der Waals surface area contributed by atoms with E-state index in [1.54, 1.807) is 0 Å². The maximum absolute atomic E-state index is 11.4. The second-order valence-corrected chi connectivity index (χ2v) is 16.6. The number of hydrogen-bond acceptors (Lipinski definition) is 3. The third-order valence-corrected chi connectivity index (χ3v) is 14.8. The largest absolute Gasteiger partial charge is 0.382 e. The van der Waals surface area contributed by atoms with Gasteiger partial charge in [-0.25, -0.2) is 0 Å². The quantitative estimate of drug-likeness (QED) is 0.286. The Kier molecular flexibility index (Phi) is 6.21. The lowest BCUT2D eigenvalue weighted by atomic mass is 9.33. The van der Waals surface area contributed by atoms with Gasteiger partial charge >= 0.3 is 0 Å². The van der Waals surface area contributed by atoms with Crippen LogP contribution in [0, 0.1) is 51.2 Å². The minimum Gasteiger partial charge on any atom is -0.382 e. The highest BCUT2D eigenvalue weighted by Crippen LogP contribution is 2.76. The Morgan fingerprint density at radius 1 is 0.923 bits per heavy atom. The lowest BCUT2D eigenvalue weighted by Gasteiger charge is -2.72. The number of rotatable bonds is 3. The van der Waals surface area contributed by atoms with Gasteiger partial charge in [-0.05, 0) is 140 Å². The van der Waals surface area contributed by atoms with E-state index in [0.717, 1.165) is 25.0 Å². The second kappa shape index (κ2) is 8.66. The highest BCUT2D eigenvalue weighted by Gasteiger charge is 2.70. The van der Waals surface area contributed by atoms with E-state index >= 15 is 0 Å². The van der Waals surface area contributed by atoms with Gasteiger partial charge in [0.1, 0.15) is 5.60 Å². The minimum atomic E-state index is -1.16. The van der Waals surface area contributed by atoms with Crippen molar-refractivity contribution >= 4 is 6.29 Å². The summed E-state index contributed by atoms with van der Waals surface area (Å²) in [6.07, 6.45) is 18.7. The van der Waals surface area contributed by atoms with Crippen molar-refractivity contribution in [2.24, 2.45) is 57.0 Å². The molecule has 0 aromatic rings. The molecule has 6 aliphatic rings. The van der Waals surface area contributed by atoms with Crippen LogP contribution in [0.4, 0.5) is 0 Å². The van der Waals surface area contributed by atoms with E-state index in [1.165, 1.54) is 68.1 Å². The molecule has 10 atom stereocenters. The Morgan fingerprint density at radius 3 is 2.31 bits per heavy atom. The average molecular weight is 534 g/mol. The minimum absolute atomic E-state index is 0.0201. The summed E-state index contributed by atoms with van der Waals surface area (Å²) >= 11 is 0. The maximum atomic E-state index is 11.4. The molecule has 4 fully saturated rings. The molecule has 0 saturated heterocycles. The van der Waals surface area contributed by atoms with Crippen LogP contribution in [0.1, 0.15) is 119 Å². The number of hydrogen-bond donors (Lipinski definition) is 2. The van der Waals surface area contributed by atoms with E-state index in [4.69, 9.17) is 5.73 Å². The van der Waals surface area contributed by atoms with E-state index in [1.807, 2.05) is 0 Å². The molecule has 0 aliphatic heterocycles. The van der Waals surface area contributed by atoms with Gasteiger partial charge in [-0.15, -0.1) is 0 Å². The van der Waals surface area contributed by atoms with Crippen molar-refractivity contribution < 1.29 is 9.90 Å². The molecule has 6 aliphatic carbocycles. The summed E-state index contributed by atoms with van der Waals surface area (Å²) in [6.45, 7) is 19.8. The lowest BCUT2D eigenvalue weighted by Crippen LogP contribution is -2.67. The first kappa shape index (κ1) is 28.0. The van der Waals surface area contributed by atoms with Crippen molar-refractivity contribution in [3.63, 3.8) is 0 Å². The first-order valence-corrected chi connectivity index (χ1v) is 16.2. The summed E-state index contributed by atoms with van der Waals surface area (Å²) in [5.41, 5.74) is 11.5. The number of aldehydes is 1. The van der Waals surface area contributed by atoms with E-state index in [-0.39, 0.29) is 11.0 Å². The van der Waals surface area contributed by atoms with Crippen molar-refractivity contribution in [3.05, 3.63) is 35.5 Å². The number of nitrogens with two attached hydrogens (primary N) is 1. The topological polar surface area (TPSA) is 63.3 Å². The summed E-state index contributed by atoms with van der Waals surface area (Å²) in [7, 11) is 0. The molecule has 4 saturated carbocycles. The first-order valence-electron chi connectivity index (χ1n) is 16.2. The molecule has 3 heteroatoms. The normalized spacial score (nSPS) is 52.4. The molecular formula is C36H55NO2. The zero-order valence-corrected chi connectivity index (χ0v) is 25.7. The van der Waals surface area contributed by atoms with E-state index in [2.05, 4.69) is 60.3 Å². The molecule has 0 aromatic heterocycles. The summed E-state index contributed by atoms with van der Waals surface area (Å²) < 4.78 is 0. The molecular weight excluding hydrogens is 478 g/mol. The lowest BCUT2D eigenvalue weighted by molar-refractivity contribution is -0.219. The molecule has 39 heavy (non-hydrogen) atoms. The third-order valence-electron chi connectivity index (χ3n) is 14.8. The maximum Gasteiger partial charge on any atom is 0.151 e. The van der Waals surface area contributed by atoms with E-state index < -0.39 is 5.60 Å². The van der Waals surface area contributed by atoms with Crippen molar-refractivity contribution in [2.45, 2.75) is 130 Å². The number of aliphatic hydroxyl groups is 1. The highest BCUT2D eigenvalue weighted by molar-refractivity contribution is 5.63. The van der Waals surface area contributed by atoms with Gasteiger partial charge < -0.3 is 15.6 Å². The van der Waals surface area contributed by atoms with Crippen LogP contribution in [0.2, 0.25) is 0 Å². The van der Waals surface area contributed by atoms with Crippen LogP contribution in [-0.2, 0) is 4.79 Å². The monoisotopic (exact) mass is 533 g/mol. The predicted octanol–water partition coefficient (Wildman–Crippen LogP) is 7.93. The Balaban J connectivity index is 1.34. The van der Waals surface area contributed by atoms with Crippen molar-refractivity contribution in [1.29, 1.82) is 0 Å². The van der Waals surface area contributed by atoms with Crippen molar-refractivity contribution in [2.75, 3.05) is 0 Å². The smallest absolute Gasteiger partial charge is 0.151 e. The van der Waals surface area contributed by atoms with Gasteiger partial charge in [-0.3, -0.25) is 0 Å². The summed E-state index contributed by atoms with van der Waals surface area (Å²) in [5, 5.41) is 10.5. The fraction of sp³-hybridized carbons (Fsp3) is 0.806. The van der Waals surface area contributed by atoms with Crippen LogP contribution in [0.15, 0.2) is 35.5 Å². The van der Waals surface area contributed by atoms with Crippen LogP contribution >= 0.6 is 0 Å². The molecule has 216 valence electrons. The Labute approximate surface area is 238 Å². The van der Waals surface area contributed by atoms with E-state index in [0.29, 0.717) is 52.8 Å². The summed E-state index contributed by atoms with van der Waals surface area (Å²) in [4.78, 5) is 11.4. The zero-order valence-electron chi connectivity index (χ0n) is 25.7. The number of carbonyl (C=O) groups is 1. The van der Waals surface area contributed by atoms with Gasteiger partial charge in [0.2, 0.25) is 0 Å². The molecule has 9 unspecified atom stereocenters. The molecule has 3 N–H and O–H groups in total. The highest BCUT2D eigenvalue weighted by atomic mass is 16.3. The summed E-state index contributed by atoms with van der Waals surface area (Å²) in [5.74, 6) is 3.31. The molecule has 0 aromatic carbocycles. The van der Waals surface area contributed by atoms with Gasteiger partial charge in [0.15, 0.2) is 6.29 Å². The molecule has 0 bridgehead atoms. The molecule has 0 amide bonds. The van der Waals surface area contributed by atoms with Gasteiger partial charge in [0, 0.05) is 12.0 Å². The molecule has 3 nitrogen and oxygen atoms in total. The van der Waals surface area contributed by atoms with Gasteiger partial charge in [0.25, 0.3) is 0 Å². The third kappa shape index (κ3) is 3.63. The van der Waals surface area contributed by atoms with Crippen LogP contribution in [0.25, 0.3) is 0 Å². The number of carbonyl (C=O) groups excluding carboxylic acids is 1. The fourth-order valence-corrected chi connectivity index (χ4v) is 12.6. The van der Waals surface area contributed by atoms with Crippen LogP contribution in [0.3, 0.4) is 0 Å².